The van der Waals surface area contributed by atoms with Crippen molar-refractivity contribution in [1.82, 2.24) is 10.2 Å². The topological polar surface area (TPSA) is 32.3 Å². The van der Waals surface area contributed by atoms with Gasteiger partial charge in [0.05, 0.1) is 6.04 Å². The molecule has 1 aromatic rings. The Morgan fingerprint density at radius 1 is 1.20 bits per heavy atom. The summed E-state index contributed by atoms with van der Waals surface area (Å²) in [4.78, 5) is 14.0. The van der Waals surface area contributed by atoms with Crippen LogP contribution in [-0.2, 0) is 4.79 Å². The van der Waals surface area contributed by atoms with Gasteiger partial charge >= 0.3 is 0 Å². The van der Waals surface area contributed by atoms with Gasteiger partial charge in [0.1, 0.15) is 0 Å². The van der Waals surface area contributed by atoms with E-state index in [4.69, 9.17) is 0 Å². The summed E-state index contributed by atoms with van der Waals surface area (Å²) in [5.41, 5.74) is 2.43. The zero-order chi connectivity index (χ0) is 15.1. The molecule has 0 fully saturated rings. The molecule has 1 rings (SSSR count). The molecule has 0 spiro atoms. The Hall–Kier alpha value is -1.35. The van der Waals surface area contributed by atoms with Gasteiger partial charge in [-0.05, 0) is 32.4 Å². The molecule has 0 bridgehead atoms. The van der Waals surface area contributed by atoms with E-state index in [-0.39, 0.29) is 11.9 Å². The van der Waals surface area contributed by atoms with Crippen molar-refractivity contribution in [2.45, 2.75) is 52.6 Å². The second-order valence-corrected chi connectivity index (χ2v) is 5.80. The molecule has 1 atom stereocenters. The van der Waals surface area contributed by atoms with E-state index in [9.17, 15) is 4.79 Å². The van der Waals surface area contributed by atoms with Crippen molar-refractivity contribution in [2.24, 2.45) is 0 Å². The summed E-state index contributed by atoms with van der Waals surface area (Å²) in [7, 11) is 1.89. The summed E-state index contributed by atoms with van der Waals surface area (Å²) in [6.45, 7) is 9.29. The van der Waals surface area contributed by atoms with E-state index in [2.05, 4.69) is 57.3 Å². The fourth-order valence-electron chi connectivity index (χ4n) is 2.09. The fourth-order valence-corrected chi connectivity index (χ4v) is 2.09. The molecule has 3 heteroatoms. The van der Waals surface area contributed by atoms with Crippen LogP contribution in [0.3, 0.4) is 0 Å². The van der Waals surface area contributed by atoms with E-state index in [0.717, 1.165) is 13.0 Å². The van der Waals surface area contributed by atoms with Gasteiger partial charge in [-0.15, -0.1) is 0 Å². The summed E-state index contributed by atoms with van der Waals surface area (Å²) >= 11 is 0. The first kappa shape index (κ1) is 16.7. The quantitative estimate of drug-likeness (QED) is 0.775. The number of carbonyl (C=O) groups is 1. The zero-order valence-electron chi connectivity index (χ0n) is 13.4. The highest BCUT2D eigenvalue weighted by molar-refractivity contribution is 5.76. The first-order valence-electron chi connectivity index (χ1n) is 7.47. The fraction of sp³-hybridized carbons (Fsp3) is 0.588. The third-order valence-electron chi connectivity index (χ3n) is 3.65. The van der Waals surface area contributed by atoms with Gasteiger partial charge in [0.15, 0.2) is 0 Å². The van der Waals surface area contributed by atoms with Crippen LogP contribution in [-0.4, -0.2) is 30.4 Å². The number of benzene rings is 1. The minimum Gasteiger partial charge on any atom is -0.339 e. The summed E-state index contributed by atoms with van der Waals surface area (Å²) in [5, 5.41) is 3.34. The number of hydrogen-bond donors (Lipinski definition) is 1. The first-order valence-corrected chi connectivity index (χ1v) is 7.47. The summed E-state index contributed by atoms with van der Waals surface area (Å²) < 4.78 is 0. The number of aryl methyl sites for hydroxylation is 1. The molecular formula is C17H28N2O. The average molecular weight is 276 g/mol. The van der Waals surface area contributed by atoms with Crippen LogP contribution in [0.5, 0.6) is 0 Å². The Labute approximate surface area is 123 Å². The van der Waals surface area contributed by atoms with Crippen molar-refractivity contribution >= 4 is 5.91 Å². The SMILES string of the molecule is Cc1ccc(C(C)N(C)C(=O)CCCNC(C)C)cc1. The highest BCUT2D eigenvalue weighted by Crippen LogP contribution is 2.20. The molecule has 0 saturated carbocycles. The predicted octanol–water partition coefficient (Wildman–Crippen LogP) is 3.29. The molecule has 0 aliphatic heterocycles. The Kier molecular flexibility index (Phi) is 6.73. The van der Waals surface area contributed by atoms with E-state index in [1.165, 1.54) is 11.1 Å². The van der Waals surface area contributed by atoms with Gasteiger partial charge in [-0.3, -0.25) is 4.79 Å². The lowest BCUT2D eigenvalue weighted by Crippen LogP contribution is -2.31. The molecule has 0 heterocycles. The molecule has 1 aromatic carbocycles. The van der Waals surface area contributed by atoms with Gasteiger partial charge in [-0.2, -0.15) is 0 Å². The molecule has 0 radical (unpaired) electrons. The molecule has 3 nitrogen and oxygen atoms in total. The number of nitrogens with zero attached hydrogens (tertiary/aromatic N) is 1. The Bertz CT molecular complexity index is 412. The van der Waals surface area contributed by atoms with Crippen molar-refractivity contribution in [1.29, 1.82) is 0 Å². The summed E-state index contributed by atoms with van der Waals surface area (Å²) in [6, 6.07) is 9.00. The van der Waals surface area contributed by atoms with Gasteiger partial charge < -0.3 is 10.2 Å². The molecular weight excluding hydrogens is 248 g/mol. The minimum atomic E-state index is 0.126. The Morgan fingerprint density at radius 3 is 2.35 bits per heavy atom. The van der Waals surface area contributed by atoms with Gasteiger partial charge in [-0.1, -0.05) is 43.7 Å². The van der Waals surface area contributed by atoms with E-state index in [1.807, 2.05) is 11.9 Å². The second kappa shape index (κ2) is 8.05. The third-order valence-corrected chi connectivity index (χ3v) is 3.65. The van der Waals surface area contributed by atoms with Crippen molar-refractivity contribution < 1.29 is 4.79 Å². The number of carbonyl (C=O) groups excluding carboxylic acids is 1. The minimum absolute atomic E-state index is 0.126. The summed E-state index contributed by atoms with van der Waals surface area (Å²) in [5.74, 6) is 0.212. The van der Waals surface area contributed by atoms with Crippen LogP contribution >= 0.6 is 0 Å². The summed E-state index contributed by atoms with van der Waals surface area (Å²) in [6.07, 6.45) is 1.49. The number of hydrogen-bond acceptors (Lipinski definition) is 2. The lowest BCUT2D eigenvalue weighted by molar-refractivity contribution is -0.131. The second-order valence-electron chi connectivity index (χ2n) is 5.80. The average Bonchev–Trinajstić information content (AvgIpc) is 2.42. The molecule has 0 aliphatic carbocycles. The maximum Gasteiger partial charge on any atom is 0.222 e. The van der Waals surface area contributed by atoms with E-state index >= 15 is 0 Å². The highest BCUT2D eigenvalue weighted by atomic mass is 16.2. The molecule has 1 amide bonds. The van der Waals surface area contributed by atoms with Crippen LogP contribution in [0.1, 0.15) is 50.8 Å². The molecule has 0 saturated heterocycles. The van der Waals surface area contributed by atoms with E-state index in [1.54, 1.807) is 0 Å². The molecule has 112 valence electrons. The van der Waals surface area contributed by atoms with Crippen molar-refractivity contribution in [3.63, 3.8) is 0 Å². The Balaban J connectivity index is 2.45. The van der Waals surface area contributed by atoms with Gasteiger partial charge in [0, 0.05) is 19.5 Å². The standard InChI is InChI=1S/C17H28N2O/c1-13(2)18-12-6-7-17(20)19(5)15(4)16-10-8-14(3)9-11-16/h8-11,13,15,18H,6-7,12H2,1-5H3. The maximum absolute atomic E-state index is 12.2. The van der Waals surface area contributed by atoms with Gasteiger partial charge in [0.2, 0.25) is 5.91 Å². The van der Waals surface area contributed by atoms with Gasteiger partial charge in [0.25, 0.3) is 0 Å². The lowest BCUT2D eigenvalue weighted by atomic mass is 10.1. The van der Waals surface area contributed by atoms with Crippen molar-refractivity contribution in [3.8, 4) is 0 Å². The number of rotatable bonds is 7. The van der Waals surface area contributed by atoms with Crippen LogP contribution in [0.2, 0.25) is 0 Å². The normalized spacial score (nSPS) is 12.5. The van der Waals surface area contributed by atoms with Crippen LogP contribution in [0.15, 0.2) is 24.3 Å². The largest absolute Gasteiger partial charge is 0.339 e. The van der Waals surface area contributed by atoms with Crippen LogP contribution in [0, 0.1) is 6.92 Å². The molecule has 0 aromatic heterocycles. The van der Waals surface area contributed by atoms with Crippen LogP contribution < -0.4 is 5.32 Å². The molecule has 0 aliphatic rings. The number of nitrogens with one attached hydrogen (secondary N) is 1. The Morgan fingerprint density at radius 2 is 1.80 bits per heavy atom. The first-order chi connectivity index (χ1) is 9.41. The monoisotopic (exact) mass is 276 g/mol. The zero-order valence-corrected chi connectivity index (χ0v) is 13.4. The molecule has 1 unspecified atom stereocenters. The predicted molar refractivity (Wildman–Crippen MR) is 84.7 cm³/mol. The van der Waals surface area contributed by atoms with E-state index in [0.29, 0.717) is 12.5 Å². The molecule has 1 N–H and O–H groups in total. The van der Waals surface area contributed by atoms with Gasteiger partial charge in [-0.25, -0.2) is 0 Å². The highest BCUT2D eigenvalue weighted by Gasteiger charge is 2.16. The number of amides is 1. The smallest absolute Gasteiger partial charge is 0.222 e. The van der Waals surface area contributed by atoms with Crippen molar-refractivity contribution in [2.75, 3.05) is 13.6 Å². The van der Waals surface area contributed by atoms with Crippen LogP contribution in [0.4, 0.5) is 0 Å². The maximum atomic E-state index is 12.2. The van der Waals surface area contributed by atoms with E-state index < -0.39 is 0 Å². The van der Waals surface area contributed by atoms with Crippen LogP contribution in [0.25, 0.3) is 0 Å². The lowest BCUT2D eigenvalue weighted by Gasteiger charge is -2.25. The third kappa shape index (κ3) is 5.33. The van der Waals surface area contributed by atoms with Crippen molar-refractivity contribution in [3.05, 3.63) is 35.4 Å². The molecule has 20 heavy (non-hydrogen) atoms.